The molecule has 1 N–H and O–H groups in total. The lowest BCUT2D eigenvalue weighted by molar-refractivity contribution is -0.121. The Labute approximate surface area is 205 Å². The summed E-state index contributed by atoms with van der Waals surface area (Å²) in [4.78, 5) is 17.0. The summed E-state index contributed by atoms with van der Waals surface area (Å²) in [6.07, 6.45) is 3.80. The number of nitrogens with one attached hydrogen (secondary N) is 1. The molecule has 0 unspecified atom stereocenters. The summed E-state index contributed by atoms with van der Waals surface area (Å²) in [6.45, 7) is 2.09. The topological polar surface area (TPSA) is 56.2 Å². The monoisotopic (exact) mass is 475 g/mol. The lowest BCUT2D eigenvalue weighted by Gasteiger charge is -2.11. The van der Waals surface area contributed by atoms with Gasteiger partial charge in [0.15, 0.2) is 0 Å². The Balaban J connectivity index is 1.25. The molecule has 0 saturated heterocycles. The molecule has 0 fully saturated rings. The highest BCUT2D eigenvalue weighted by molar-refractivity contribution is 6.30. The Kier molecular flexibility index (Phi) is 8.58. The van der Waals surface area contributed by atoms with Crippen molar-refractivity contribution in [1.82, 2.24) is 14.9 Å². The van der Waals surface area contributed by atoms with Crippen LogP contribution in [0.3, 0.4) is 0 Å². The lowest BCUT2D eigenvalue weighted by atomic mass is 10.1. The second kappa shape index (κ2) is 12.2. The number of para-hydroxylation sites is 2. The molecule has 0 bridgehead atoms. The van der Waals surface area contributed by atoms with E-state index in [4.69, 9.17) is 21.3 Å². The number of hydrogen-bond donors (Lipinski definition) is 1. The minimum Gasteiger partial charge on any atom is -0.494 e. The van der Waals surface area contributed by atoms with E-state index in [0.717, 1.165) is 54.8 Å². The molecule has 1 heterocycles. The van der Waals surface area contributed by atoms with Crippen molar-refractivity contribution in [2.24, 2.45) is 0 Å². The summed E-state index contributed by atoms with van der Waals surface area (Å²) in [5.74, 6) is 1.96. The molecule has 0 aliphatic carbocycles. The Morgan fingerprint density at radius 2 is 1.68 bits per heavy atom. The van der Waals surface area contributed by atoms with Crippen LogP contribution in [0, 0.1) is 0 Å². The molecule has 0 aliphatic heterocycles. The van der Waals surface area contributed by atoms with Crippen molar-refractivity contribution in [3.63, 3.8) is 0 Å². The molecule has 176 valence electrons. The first kappa shape index (κ1) is 23.8. The van der Waals surface area contributed by atoms with Crippen molar-refractivity contribution in [3.8, 4) is 5.75 Å². The molecule has 0 spiro atoms. The van der Waals surface area contributed by atoms with Gasteiger partial charge in [-0.2, -0.15) is 0 Å². The number of halogens is 1. The molecule has 5 nitrogen and oxygen atoms in total. The van der Waals surface area contributed by atoms with Crippen molar-refractivity contribution in [3.05, 3.63) is 95.3 Å². The SMILES string of the molecule is O=C(CCc1ccccc1)NCCCc1nc2ccccc2n1CCCOc1ccc(Cl)cc1. The zero-order valence-electron chi connectivity index (χ0n) is 19.3. The summed E-state index contributed by atoms with van der Waals surface area (Å²) in [5.41, 5.74) is 3.32. The van der Waals surface area contributed by atoms with E-state index in [1.165, 1.54) is 5.56 Å². The third kappa shape index (κ3) is 6.84. The Hall–Kier alpha value is -3.31. The van der Waals surface area contributed by atoms with E-state index in [2.05, 4.69) is 28.1 Å². The molecule has 0 radical (unpaired) electrons. The molecule has 0 saturated carbocycles. The van der Waals surface area contributed by atoms with Crippen LogP contribution in [-0.4, -0.2) is 28.6 Å². The number of rotatable bonds is 12. The van der Waals surface area contributed by atoms with E-state index in [-0.39, 0.29) is 5.91 Å². The number of imidazole rings is 1. The highest BCUT2D eigenvalue weighted by Gasteiger charge is 2.10. The van der Waals surface area contributed by atoms with Gasteiger partial charge in [-0.3, -0.25) is 4.79 Å². The maximum absolute atomic E-state index is 12.2. The zero-order valence-corrected chi connectivity index (χ0v) is 20.0. The first-order valence-corrected chi connectivity index (χ1v) is 12.2. The molecule has 4 rings (SSSR count). The first-order valence-electron chi connectivity index (χ1n) is 11.8. The Morgan fingerprint density at radius 3 is 2.50 bits per heavy atom. The van der Waals surface area contributed by atoms with Crippen LogP contribution in [0.2, 0.25) is 5.02 Å². The van der Waals surface area contributed by atoms with Crippen LogP contribution >= 0.6 is 11.6 Å². The maximum Gasteiger partial charge on any atom is 0.220 e. The standard InChI is InChI=1S/C28H30ClN3O2/c29-23-14-16-24(17-15-23)34-21-7-20-32-26-11-5-4-10-25(26)31-27(32)12-6-19-30-28(33)18-13-22-8-2-1-3-9-22/h1-5,8-11,14-17H,6-7,12-13,18-21H2,(H,30,33). The van der Waals surface area contributed by atoms with Gasteiger partial charge in [-0.05, 0) is 61.2 Å². The van der Waals surface area contributed by atoms with Gasteiger partial charge in [-0.25, -0.2) is 4.98 Å². The number of hydrogen-bond acceptors (Lipinski definition) is 3. The number of carbonyl (C=O) groups is 1. The van der Waals surface area contributed by atoms with Crippen LogP contribution in [0.25, 0.3) is 11.0 Å². The molecular formula is C28H30ClN3O2. The minimum atomic E-state index is 0.0942. The Bertz CT molecular complexity index is 1190. The third-order valence-corrected chi connectivity index (χ3v) is 5.98. The van der Waals surface area contributed by atoms with E-state index >= 15 is 0 Å². The fourth-order valence-corrected chi connectivity index (χ4v) is 4.10. The second-order valence-corrected chi connectivity index (χ2v) is 8.70. The van der Waals surface area contributed by atoms with Gasteiger partial charge in [0, 0.05) is 31.0 Å². The average molecular weight is 476 g/mol. The van der Waals surface area contributed by atoms with E-state index in [1.54, 1.807) is 0 Å². The predicted octanol–water partition coefficient (Wildman–Crippen LogP) is 5.84. The van der Waals surface area contributed by atoms with Crippen LogP contribution in [0.1, 0.15) is 30.7 Å². The quantitative estimate of drug-likeness (QED) is 0.262. The maximum atomic E-state index is 12.2. The summed E-state index contributed by atoms with van der Waals surface area (Å²) in [6, 6.07) is 25.7. The van der Waals surface area contributed by atoms with Crippen LogP contribution in [0.5, 0.6) is 5.75 Å². The molecule has 0 atom stereocenters. The Morgan fingerprint density at radius 1 is 0.912 bits per heavy atom. The lowest BCUT2D eigenvalue weighted by Crippen LogP contribution is -2.25. The fraction of sp³-hybridized carbons (Fsp3) is 0.286. The van der Waals surface area contributed by atoms with Crippen molar-refractivity contribution in [1.29, 1.82) is 0 Å². The summed E-state index contributed by atoms with van der Waals surface area (Å²) >= 11 is 5.93. The van der Waals surface area contributed by atoms with Gasteiger partial charge in [0.1, 0.15) is 11.6 Å². The second-order valence-electron chi connectivity index (χ2n) is 8.26. The van der Waals surface area contributed by atoms with Crippen LogP contribution < -0.4 is 10.1 Å². The highest BCUT2D eigenvalue weighted by Crippen LogP contribution is 2.19. The molecular weight excluding hydrogens is 446 g/mol. The summed E-state index contributed by atoms with van der Waals surface area (Å²) < 4.78 is 8.13. The molecule has 1 aromatic heterocycles. The minimum absolute atomic E-state index is 0.0942. The fourth-order valence-electron chi connectivity index (χ4n) is 3.97. The molecule has 0 aliphatic rings. The van der Waals surface area contributed by atoms with Crippen LogP contribution in [-0.2, 0) is 24.2 Å². The number of amides is 1. The number of fused-ring (bicyclic) bond motifs is 1. The van der Waals surface area contributed by atoms with Crippen LogP contribution in [0.15, 0.2) is 78.9 Å². The van der Waals surface area contributed by atoms with Crippen molar-refractivity contribution in [2.45, 2.75) is 38.6 Å². The van der Waals surface area contributed by atoms with Crippen molar-refractivity contribution in [2.75, 3.05) is 13.2 Å². The summed E-state index contributed by atoms with van der Waals surface area (Å²) in [5, 5.41) is 3.75. The van der Waals surface area contributed by atoms with Gasteiger partial charge in [0.05, 0.1) is 17.6 Å². The van der Waals surface area contributed by atoms with Crippen LogP contribution in [0.4, 0.5) is 0 Å². The average Bonchev–Trinajstić information content (AvgIpc) is 3.22. The van der Waals surface area contributed by atoms with Crippen molar-refractivity contribution < 1.29 is 9.53 Å². The number of ether oxygens (including phenoxy) is 1. The zero-order chi connectivity index (χ0) is 23.6. The first-order chi connectivity index (χ1) is 16.7. The van der Waals surface area contributed by atoms with Gasteiger partial charge in [0.25, 0.3) is 0 Å². The normalized spacial score (nSPS) is 11.0. The highest BCUT2D eigenvalue weighted by atomic mass is 35.5. The number of aromatic nitrogens is 2. The molecule has 6 heteroatoms. The van der Waals surface area contributed by atoms with Gasteiger partial charge >= 0.3 is 0 Å². The number of nitrogens with zero attached hydrogens (tertiary/aromatic N) is 2. The number of aryl methyl sites for hydroxylation is 3. The predicted molar refractivity (Wildman–Crippen MR) is 137 cm³/mol. The number of benzene rings is 3. The van der Waals surface area contributed by atoms with Gasteiger partial charge in [-0.15, -0.1) is 0 Å². The number of carbonyl (C=O) groups excluding carboxylic acids is 1. The van der Waals surface area contributed by atoms with Crippen molar-refractivity contribution >= 4 is 28.5 Å². The van der Waals surface area contributed by atoms with E-state index < -0.39 is 0 Å². The smallest absolute Gasteiger partial charge is 0.220 e. The van der Waals surface area contributed by atoms with E-state index in [1.807, 2.05) is 60.7 Å². The molecule has 34 heavy (non-hydrogen) atoms. The summed E-state index contributed by atoms with van der Waals surface area (Å²) in [7, 11) is 0. The molecule has 1 amide bonds. The van der Waals surface area contributed by atoms with Gasteiger partial charge in [0.2, 0.25) is 5.91 Å². The molecule has 4 aromatic rings. The molecule has 3 aromatic carbocycles. The van der Waals surface area contributed by atoms with Gasteiger partial charge in [-0.1, -0.05) is 54.1 Å². The largest absolute Gasteiger partial charge is 0.494 e. The van der Waals surface area contributed by atoms with E-state index in [9.17, 15) is 4.79 Å². The van der Waals surface area contributed by atoms with E-state index in [0.29, 0.717) is 24.6 Å². The third-order valence-electron chi connectivity index (χ3n) is 5.72. The van der Waals surface area contributed by atoms with Gasteiger partial charge < -0.3 is 14.6 Å².